The minimum Gasteiger partial charge on any atom is -0.377 e. The number of aryl methyl sites for hydroxylation is 1. The molecule has 2 heterocycles. The number of hydrogen-bond donors (Lipinski definition) is 1. The Kier molecular flexibility index (Phi) is 5.60. The summed E-state index contributed by atoms with van der Waals surface area (Å²) in [6, 6.07) is 5.93. The minimum atomic E-state index is -0.308. The van der Waals surface area contributed by atoms with E-state index in [1.165, 1.54) is 12.1 Å². The van der Waals surface area contributed by atoms with Crippen molar-refractivity contribution in [3.63, 3.8) is 0 Å². The number of benzene rings is 1. The Morgan fingerprint density at radius 2 is 2.20 bits per heavy atom. The molecule has 0 spiro atoms. The van der Waals surface area contributed by atoms with Crippen LogP contribution in [-0.2, 0) is 11.2 Å². The van der Waals surface area contributed by atoms with Crippen molar-refractivity contribution in [2.45, 2.75) is 25.8 Å². The fourth-order valence-electron chi connectivity index (χ4n) is 2.64. The first-order valence-electron chi connectivity index (χ1n) is 8.34. The molecule has 1 aromatic heterocycles. The maximum absolute atomic E-state index is 12.9. The van der Waals surface area contributed by atoms with E-state index >= 15 is 0 Å². The van der Waals surface area contributed by atoms with Gasteiger partial charge in [0.05, 0.1) is 19.3 Å². The summed E-state index contributed by atoms with van der Waals surface area (Å²) in [7, 11) is 0. The number of aromatic nitrogens is 2. The number of amides is 2. The Bertz CT molecular complexity index is 704. The number of morpholine rings is 1. The van der Waals surface area contributed by atoms with Crippen LogP contribution in [0.4, 0.5) is 9.18 Å². The molecule has 2 aromatic rings. The molecule has 7 nitrogen and oxygen atoms in total. The average molecular weight is 348 g/mol. The van der Waals surface area contributed by atoms with Crippen LogP contribution in [0, 0.1) is 5.82 Å². The van der Waals surface area contributed by atoms with E-state index < -0.39 is 0 Å². The first-order chi connectivity index (χ1) is 12.1. The lowest BCUT2D eigenvalue weighted by Gasteiger charge is -2.33. The zero-order chi connectivity index (χ0) is 17.6. The maximum atomic E-state index is 12.9. The molecule has 2 amide bonds. The van der Waals surface area contributed by atoms with E-state index in [0.717, 1.165) is 0 Å². The highest BCUT2D eigenvalue weighted by atomic mass is 19.1. The lowest BCUT2D eigenvalue weighted by atomic mass is 10.2. The van der Waals surface area contributed by atoms with E-state index in [1.54, 1.807) is 17.0 Å². The Hall–Kier alpha value is -2.48. The SMILES string of the molecule is C[C@H]1COCCN1C(=O)NCCCc1nc(-c2ccc(F)cc2)no1. The highest BCUT2D eigenvalue weighted by Crippen LogP contribution is 2.16. The molecule has 1 saturated heterocycles. The average Bonchev–Trinajstić information content (AvgIpc) is 3.08. The van der Waals surface area contributed by atoms with E-state index in [0.29, 0.717) is 56.4 Å². The molecular formula is C17H21FN4O3. The quantitative estimate of drug-likeness (QED) is 0.838. The van der Waals surface area contributed by atoms with Crippen molar-refractivity contribution in [3.05, 3.63) is 36.0 Å². The van der Waals surface area contributed by atoms with Gasteiger partial charge in [0, 0.05) is 25.1 Å². The second kappa shape index (κ2) is 8.06. The topological polar surface area (TPSA) is 80.5 Å². The molecule has 1 N–H and O–H groups in total. The summed E-state index contributed by atoms with van der Waals surface area (Å²) in [5.74, 6) is 0.618. The number of urea groups is 1. The number of nitrogens with zero attached hydrogens (tertiary/aromatic N) is 3. The van der Waals surface area contributed by atoms with Crippen molar-refractivity contribution >= 4 is 6.03 Å². The maximum Gasteiger partial charge on any atom is 0.317 e. The van der Waals surface area contributed by atoms with Gasteiger partial charge in [-0.1, -0.05) is 5.16 Å². The van der Waals surface area contributed by atoms with E-state index in [1.807, 2.05) is 6.92 Å². The number of halogens is 1. The van der Waals surface area contributed by atoms with Crippen molar-refractivity contribution in [1.29, 1.82) is 0 Å². The second-order valence-corrected chi connectivity index (χ2v) is 5.97. The second-order valence-electron chi connectivity index (χ2n) is 5.97. The Morgan fingerprint density at radius 1 is 1.40 bits per heavy atom. The molecule has 134 valence electrons. The van der Waals surface area contributed by atoms with Crippen molar-refractivity contribution < 1.29 is 18.4 Å². The molecule has 3 rings (SSSR count). The molecule has 1 aliphatic heterocycles. The normalized spacial score (nSPS) is 17.5. The van der Waals surface area contributed by atoms with Gasteiger partial charge in [0.25, 0.3) is 0 Å². The lowest BCUT2D eigenvalue weighted by Crippen LogP contribution is -2.51. The fraction of sp³-hybridized carbons (Fsp3) is 0.471. The fourth-order valence-corrected chi connectivity index (χ4v) is 2.64. The molecule has 0 aliphatic carbocycles. The van der Waals surface area contributed by atoms with Crippen LogP contribution in [0.5, 0.6) is 0 Å². The molecule has 1 aliphatic rings. The van der Waals surface area contributed by atoms with E-state index in [4.69, 9.17) is 9.26 Å². The molecule has 1 aromatic carbocycles. The summed E-state index contributed by atoms with van der Waals surface area (Å²) in [6.45, 7) is 4.25. The molecule has 25 heavy (non-hydrogen) atoms. The third-order valence-electron chi connectivity index (χ3n) is 4.04. The monoisotopic (exact) mass is 348 g/mol. The molecule has 1 atom stereocenters. The zero-order valence-corrected chi connectivity index (χ0v) is 14.1. The van der Waals surface area contributed by atoms with Crippen LogP contribution in [-0.4, -0.2) is 53.4 Å². The van der Waals surface area contributed by atoms with E-state index in [9.17, 15) is 9.18 Å². The number of carbonyl (C=O) groups excluding carboxylic acids is 1. The number of ether oxygens (including phenoxy) is 1. The molecule has 8 heteroatoms. The summed E-state index contributed by atoms with van der Waals surface area (Å²) < 4.78 is 23.4. The third kappa shape index (κ3) is 4.54. The predicted octanol–water partition coefficient (Wildman–Crippen LogP) is 2.24. The van der Waals surface area contributed by atoms with Crippen LogP contribution in [0.15, 0.2) is 28.8 Å². The van der Waals surface area contributed by atoms with Gasteiger partial charge in [-0.3, -0.25) is 0 Å². The molecule has 0 bridgehead atoms. The molecule has 0 unspecified atom stereocenters. The van der Waals surface area contributed by atoms with Crippen LogP contribution in [0.2, 0.25) is 0 Å². The van der Waals surface area contributed by atoms with Crippen LogP contribution in [0.1, 0.15) is 19.2 Å². The highest BCUT2D eigenvalue weighted by molar-refractivity contribution is 5.74. The third-order valence-corrected chi connectivity index (χ3v) is 4.04. The number of carbonyl (C=O) groups is 1. The Labute approximate surface area is 145 Å². The molecule has 1 fully saturated rings. The summed E-state index contributed by atoms with van der Waals surface area (Å²) >= 11 is 0. The highest BCUT2D eigenvalue weighted by Gasteiger charge is 2.23. The Balaban J connectivity index is 1.43. The van der Waals surface area contributed by atoms with Crippen LogP contribution in [0.3, 0.4) is 0 Å². The number of nitrogens with one attached hydrogen (secondary N) is 1. The summed E-state index contributed by atoms with van der Waals surface area (Å²) in [5, 5.41) is 6.79. The summed E-state index contributed by atoms with van der Waals surface area (Å²) in [4.78, 5) is 18.2. The van der Waals surface area contributed by atoms with Gasteiger partial charge in [0.1, 0.15) is 5.82 Å². The van der Waals surface area contributed by atoms with Crippen molar-refractivity contribution in [3.8, 4) is 11.4 Å². The van der Waals surface area contributed by atoms with E-state index in [-0.39, 0.29) is 17.9 Å². The van der Waals surface area contributed by atoms with Crippen LogP contribution < -0.4 is 5.32 Å². The van der Waals surface area contributed by atoms with Gasteiger partial charge in [-0.05, 0) is 37.6 Å². The van der Waals surface area contributed by atoms with E-state index in [2.05, 4.69) is 15.5 Å². The van der Waals surface area contributed by atoms with Crippen molar-refractivity contribution in [2.24, 2.45) is 0 Å². The van der Waals surface area contributed by atoms with Gasteiger partial charge in [-0.2, -0.15) is 4.98 Å². The van der Waals surface area contributed by atoms with Crippen molar-refractivity contribution in [2.75, 3.05) is 26.3 Å². The minimum absolute atomic E-state index is 0.0756. The van der Waals surface area contributed by atoms with Crippen LogP contribution in [0.25, 0.3) is 11.4 Å². The first kappa shape index (κ1) is 17.3. The van der Waals surface area contributed by atoms with Gasteiger partial charge in [-0.25, -0.2) is 9.18 Å². The largest absolute Gasteiger partial charge is 0.377 e. The predicted molar refractivity (Wildman–Crippen MR) is 88.4 cm³/mol. The summed E-state index contributed by atoms with van der Waals surface area (Å²) in [5.41, 5.74) is 0.700. The van der Waals surface area contributed by atoms with Gasteiger partial charge in [-0.15, -0.1) is 0 Å². The number of rotatable bonds is 5. The summed E-state index contributed by atoms with van der Waals surface area (Å²) in [6.07, 6.45) is 1.25. The van der Waals surface area contributed by atoms with Gasteiger partial charge >= 0.3 is 6.03 Å². The molecule has 0 saturated carbocycles. The van der Waals surface area contributed by atoms with Gasteiger partial charge < -0.3 is 19.5 Å². The smallest absolute Gasteiger partial charge is 0.317 e. The Morgan fingerprint density at radius 3 is 2.96 bits per heavy atom. The zero-order valence-electron chi connectivity index (χ0n) is 14.1. The van der Waals surface area contributed by atoms with Gasteiger partial charge in [0.15, 0.2) is 0 Å². The molecular weight excluding hydrogens is 327 g/mol. The van der Waals surface area contributed by atoms with Crippen LogP contribution >= 0.6 is 0 Å². The first-order valence-corrected chi connectivity index (χ1v) is 8.34. The lowest BCUT2D eigenvalue weighted by molar-refractivity contribution is 0.0191. The molecule has 0 radical (unpaired) electrons. The number of hydrogen-bond acceptors (Lipinski definition) is 5. The standard InChI is InChI=1S/C17H21FN4O3/c1-12-11-24-10-9-22(12)17(23)19-8-2-3-15-20-16(21-25-15)13-4-6-14(18)7-5-13/h4-7,12H,2-3,8-11H2,1H3,(H,19,23)/t12-/m0/s1. The van der Waals surface area contributed by atoms with Crippen molar-refractivity contribution in [1.82, 2.24) is 20.4 Å². The van der Waals surface area contributed by atoms with Gasteiger partial charge in [0.2, 0.25) is 11.7 Å².